The third-order valence-corrected chi connectivity index (χ3v) is 1.63. The van der Waals surface area contributed by atoms with Crippen LogP contribution < -0.4 is 0 Å². The quantitative estimate of drug-likeness (QED) is 0.434. The van der Waals surface area contributed by atoms with Gasteiger partial charge in [0.15, 0.2) is 0 Å². The molecule has 4 nitrogen and oxygen atoms in total. The van der Waals surface area contributed by atoms with Gasteiger partial charge in [0.25, 0.3) is 0 Å². The molecule has 0 aliphatic heterocycles. The molecule has 0 aliphatic carbocycles. The van der Waals surface area contributed by atoms with Crippen LogP contribution in [0.15, 0.2) is 0 Å². The summed E-state index contributed by atoms with van der Waals surface area (Å²) in [6.45, 7) is -0.436. The van der Waals surface area contributed by atoms with E-state index >= 15 is 0 Å². The SMILES string of the molecule is O=CCC(CCO)C(O)CO. The van der Waals surface area contributed by atoms with Gasteiger partial charge >= 0.3 is 0 Å². The molecule has 66 valence electrons. The van der Waals surface area contributed by atoms with Gasteiger partial charge in [0.05, 0.1) is 12.7 Å². The largest absolute Gasteiger partial charge is 0.396 e. The average Bonchev–Trinajstić information content (AvgIpc) is 2.03. The van der Waals surface area contributed by atoms with E-state index in [1.165, 1.54) is 0 Å². The fourth-order valence-corrected chi connectivity index (χ4v) is 0.906. The molecule has 2 atom stereocenters. The van der Waals surface area contributed by atoms with Crippen LogP contribution in [0.5, 0.6) is 0 Å². The fraction of sp³-hybridized carbons (Fsp3) is 0.857. The molecule has 0 radical (unpaired) electrons. The lowest BCUT2D eigenvalue weighted by molar-refractivity contribution is -0.110. The van der Waals surface area contributed by atoms with Gasteiger partial charge in [0, 0.05) is 13.0 Å². The van der Waals surface area contributed by atoms with Crippen LogP contribution in [-0.2, 0) is 4.79 Å². The molecule has 0 heterocycles. The first-order valence-corrected chi connectivity index (χ1v) is 3.59. The Labute approximate surface area is 65.5 Å². The Morgan fingerprint density at radius 2 is 2.00 bits per heavy atom. The van der Waals surface area contributed by atoms with Gasteiger partial charge in [-0.3, -0.25) is 0 Å². The Bertz CT molecular complexity index is 105. The molecule has 0 saturated heterocycles. The number of carbonyl (C=O) groups excluding carboxylic acids is 1. The highest BCUT2D eigenvalue weighted by Crippen LogP contribution is 2.11. The van der Waals surface area contributed by atoms with E-state index in [-0.39, 0.29) is 25.6 Å². The smallest absolute Gasteiger partial charge is 0.120 e. The Hall–Kier alpha value is -0.450. The molecule has 0 saturated carbocycles. The number of hydrogen-bond donors (Lipinski definition) is 3. The molecule has 0 rings (SSSR count). The van der Waals surface area contributed by atoms with E-state index in [1.807, 2.05) is 0 Å². The van der Waals surface area contributed by atoms with E-state index in [0.29, 0.717) is 12.7 Å². The molecule has 0 aromatic rings. The zero-order valence-electron chi connectivity index (χ0n) is 6.31. The molecule has 0 fully saturated rings. The highest BCUT2D eigenvalue weighted by molar-refractivity contribution is 5.49. The minimum atomic E-state index is -0.896. The first-order valence-electron chi connectivity index (χ1n) is 3.59. The van der Waals surface area contributed by atoms with Gasteiger partial charge < -0.3 is 20.1 Å². The summed E-state index contributed by atoms with van der Waals surface area (Å²) in [4.78, 5) is 10.0. The molecule has 0 spiro atoms. The zero-order chi connectivity index (χ0) is 8.69. The maximum atomic E-state index is 10.0. The molecule has 3 N–H and O–H groups in total. The topological polar surface area (TPSA) is 77.8 Å². The lowest BCUT2D eigenvalue weighted by atomic mass is 9.96. The number of carbonyl (C=O) groups is 1. The van der Waals surface area contributed by atoms with Crippen molar-refractivity contribution in [3.05, 3.63) is 0 Å². The van der Waals surface area contributed by atoms with Crippen molar-refractivity contribution in [2.75, 3.05) is 13.2 Å². The highest BCUT2D eigenvalue weighted by Gasteiger charge is 2.16. The van der Waals surface area contributed by atoms with Crippen LogP contribution in [0.25, 0.3) is 0 Å². The maximum absolute atomic E-state index is 10.0. The fourth-order valence-electron chi connectivity index (χ4n) is 0.906. The Morgan fingerprint density at radius 3 is 2.36 bits per heavy atom. The van der Waals surface area contributed by atoms with Crippen molar-refractivity contribution in [1.82, 2.24) is 0 Å². The minimum Gasteiger partial charge on any atom is -0.396 e. The molecular formula is C7H14O4. The normalized spacial score (nSPS) is 15.9. The highest BCUT2D eigenvalue weighted by atomic mass is 16.3. The number of aliphatic hydroxyl groups excluding tert-OH is 3. The second-order valence-electron chi connectivity index (χ2n) is 2.42. The summed E-state index contributed by atoms with van der Waals surface area (Å²) in [6, 6.07) is 0. The van der Waals surface area contributed by atoms with E-state index in [0.717, 1.165) is 0 Å². The monoisotopic (exact) mass is 162 g/mol. The van der Waals surface area contributed by atoms with Gasteiger partial charge in [-0.2, -0.15) is 0 Å². The second-order valence-corrected chi connectivity index (χ2v) is 2.42. The lowest BCUT2D eigenvalue weighted by Crippen LogP contribution is -2.25. The van der Waals surface area contributed by atoms with Crippen LogP contribution in [0.4, 0.5) is 0 Å². The first kappa shape index (κ1) is 10.6. The van der Waals surface area contributed by atoms with Crippen molar-refractivity contribution in [2.24, 2.45) is 5.92 Å². The van der Waals surface area contributed by atoms with Gasteiger partial charge in [0.1, 0.15) is 6.29 Å². The van der Waals surface area contributed by atoms with E-state index < -0.39 is 6.10 Å². The Morgan fingerprint density at radius 1 is 1.36 bits per heavy atom. The van der Waals surface area contributed by atoms with Gasteiger partial charge in [0.2, 0.25) is 0 Å². The molecule has 0 aromatic heterocycles. The van der Waals surface area contributed by atoms with Crippen LogP contribution in [0.3, 0.4) is 0 Å². The molecular weight excluding hydrogens is 148 g/mol. The summed E-state index contributed by atoms with van der Waals surface area (Å²) in [5, 5.41) is 26.1. The molecule has 0 amide bonds. The maximum Gasteiger partial charge on any atom is 0.120 e. The van der Waals surface area contributed by atoms with Crippen molar-refractivity contribution in [3.63, 3.8) is 0 Å². The first-order chi connectivity index (χ1) is 5.26. The number of rotatable bonds is 6. The van der Waals surface area contributed by atoms with Gasteiger partial charge in [-0.25, -0.2) is 0 Å². The summed E-state index contributed by atoms with van der Waals surface area (Å²) in [6.07, 6.45) is 0.314. The summed E-state index contributed by atoms with van der Waals surface area (Å²) in [7, 11) is 0. The molecule has 0 aromatic carbocycles. The lowest BCUT2D eigenvalue weighted by Gasteiger charge is -2.17. The van der Waals surface area contributed by atoms with Crippen molar-refractivity contribution >= 4 is 6.29 Å². The van der Waals surface area contributed by atoms with Crippen LogP contribution in [0.2, 0.25) is 0 Å². The minimum absolute atomic E-state index is 0.0738. The molecule has 4 heteroatoms. The molecule has 0 aliphatic rings. The van der Waals surface area contributed by atoms with Gasteiger partial charge in [-0.1, -0.05) is 0 Å². The van der Waals surface area contributed by atoms with Gasteiger partial charge in [-0.05, 0) is 12.3 Å². The summed E-state index contributed by atoms with van der Waals surface area (Å²) in [5.41, 5.74) is 0. The van der Waals surface area contributed by atoms with E-state index in [4.69, 9.17) is 15.3 Å². The molecule has 0 bridgehead atoms. The predicted molar refractivity (Wildman–Crippen MR) is 39.0 cm³/mol. The number of aldehydes is 1. The number of aliphatic hydroxyl groups is 3. The average molecular weight is 162 g/mol. The van der Waals surface area contributed by atoms with Crippen LogP contribution >= 0.6 is 0 Å². The predicted octanol–water partition coefficient (Wildman–Crippen LogP) is -1.07. The van der Waals surface area contributed by atoms with Crippen molar-refractivity contribution in [1.29, 1.82) is 0 Å². The van der Waals surface area contributed by atoms with Crippen molar-refractivity contribution < 1.29 is 20.1 Å². The summed E-state index contributed by atoms with van der Waals surface area (Å²) >= 11 is 0. The van der Waals surface area contributed by atoms with Crippen LogP contribution in [0, 0.1) is 5.92 Å². The summed E-state index contributed by atoms with van der Waals surface area (Å²) in [5.74, 6) is -0.317. The van der Waals surface area contributed by atoms with Gasteiger partial charge in [-0.15, -0.1) is 0 Å². The molecule has 2 unspecified atom stereocenters. The Kier molecular flexibility index (Phi) is 6.02. The van der Waals surface area contributed by atoms with E-state index in [9.17, 15) is 4.79 Å². The molecule has 11 heavy (non-hydrogen) atoms. The standard InChI is InChI=1S/C7H14O4/c8-3-1-6(2-4-9)7(11)5-10/h3,6-7,9-11H,1-2,4-5H2. The van der Waals surface area contributed by atoms with Crippen LogP contribution in [0.1, 0.15) is 12.8 Å². The van der Waals surface area contributed by atoms with Crippen molar-refractivity contribution in [2.45, 2.75) is 18.9 Å². The van der Waals surface area contributed by atoms with Crippen molar-refractivity contribution in [3.8, 4) is 0 Å². The van der Waals surface area contributed by atoms with Crippen LogP contribution in [-0.4, -0.2) is 40.9 Å². The van der Waals surface area contributed by atoms with E-state index in [1.54, 1.807) is 0 Å². The third-order valence-electron chi connectivity index (χ3n) is 1.63. The second kappa shape index (κ2) is 6.27. The Balaban J connectivity index is 3.75. The number of hydrogen-bond acceptors (Lipinski definition) is 4. The van der Waals surface area contributed by atoms with E-state index in [2.05, 4.69) is 0 Å². The third kappa shape index (κ3) is 4.08. The zero-order valence-corrected chi connectivity index (χ0v) is 6.31. The summed E-state index contributed by atoms with van der Waals surface area (Å²) < 4.78 is 0.